The van der Waals surface area contributed by atoms with Crippen molar-refractivity contribution in [2.45, 2.75) is 44.6 Å². The first-order valence-electron chi connectivity index (χ1n) is 23.0. The lowest BCUT2D eigenvalue weighted by molar-refractivity contribution is -0.117. The van der Waals surface area contributed by atoms with Crippen LogP contribution in [0.1, 0.15) is 91.1 Å². The van der Waals surface area contributed by atoms with Gasteiger partial charge in [0.15, 0.2) is 23.1 Å². The quantitative estimate of drug-likeness (QED) is 0.0580. The van der Waals surface area contributed by atoms with Crippen LogP contribution in [0.5, 0.6) is 11.5 Å². The molecule has 4 aromatic heterocycles. The van der Waals surface area contributed by atoms with Crippen LogP contribution in [0.4, 0.5) is 28.7 Å². The standard InChI is InChI=1S/C47H59N15O9/c1-57(2)16-10-14-48-45(67)41-55-38(27-60(41)5)56-44(66)34-19-28(24-59(34)4)51-40(64)13-15-49-43(65)33-20-29(25-58(33)3)52-46(68)42-54-37(26-61(42)6)53-39(63)12-9-18-71-36-22-32-31(21-35(36)70-7)47(69)62-17-8-11-30(62)23-50-32/h19-27,30H,8-18H2,1-7H3,(H,48,67)(H,49,65)(H,51,64)(H,52,68)(H,53,63)(H,56,66)/t30-/m0/s1. The first-order chi connectivity index (χ1) is 34.0. The summed E-state index contributed by atoms with van der Waals surface area (Å²) < 4.78 is 17.5. The van der Waals surface area contributed by atoms with Crippen molar-refractivity contribution >= 4 is 76.3 Å². The molecule has 376 valence electrons. The van der Waals surface area contributed by atoms with Gasteiger partial charge in [-0.2, -0.15) is 0 Å². The number of rotatable bonds is 21. The number of aryl methyl sites for hydroxylation is 4. The van der Waals surface area contributed by atoms with Crippen molar-refractivity contribution in [3.63, 3.8) is 0 Å². The molecule has 0 saturated carbocycles. The second-order valence-electron chi connectivity index (χ2n) is 17.5. The topological polar surface area (TPSA) is 274 Å². The lowest BCUT2D eigenvalue weighted by atomic mass is 10.1. The van der Waals surface area contributed by atoms with E-state index in [2.05, 4.69) is 46.9 Å². The highest BCUT2D eigenvalue weighted by molar-refractivity contribution is 6.06. The minimum atomic E-state index is -0.588. The Labute approximate surface area is 409 Å². The zero-order chi connectivity index (χ0) is 50.9. The minimum absolute atomic E-state index is 0.00213. The number of hydrogen-bond acceptors (Lipinski definition) is 13. The van der Waals surface area contributed by atoms with E-state index in [1.54, 1.807) is 58.9 Å². The van der Waals surface area contributed by atoms with Gasteiger partial charge in [-0.3, -0.25) is 38.6 Å². The Kier molecular flexibility index (Phi) is 16.0. The summed E-state index contributed by atoms with van der Waals surface area (Å²) in [5.41, 5.74) is 2.05. The van der Waals surface area contributed by atoms with Gasteiger partial charge in [0.05, 0.1) is 42.4 Å². The fourth-order valence-corrected chi connectivity index (χ4v) is 8.08. The van der Waals surface area contributed by atoms with Crippen LogP contribution in [0.2, 0.25) is 0 Å². The van der Waals surface area contributed by atoms with Crippen LogP contribution in [-0.2, 0) is 37.8 Å². The van der Waals surface area contributed by atoms with E-state index in [1.165, 1.54) is 49.9 Å². The zero-order valence-corrected chi connectivity index (χ0v) is 40.8. The maximum atomic E-state index is 13.3. The Hall–Kier alpha value is -8.28. The van der Waals surface area contributed by atoms with Crippen molar-refractivity contribution in [3.8, 4) is 11.5 Å². The molecular formula is C47H59N15O9. The number of anilines is 4. The van der Waals surface area contributed by atoms with E-state index in [9.17, 15) is 33.6 Å². The smallest absolute Gasteiger partial charge is 0.291 e. The number of imidazole rings is 2. The molecule has 6 N–H and O–H groups in total. The molecule has 5 aromatic rings. The van der Waals surface area contributed by atoms with Crippen LogP contribution in [-0.4, -0.2) is 146 Å². The summed E-state index contributed by atoms with van der Waals surface area (Å²) in [5, 5.41) is 16.4. The zero-order valence-electron chi connectivity index (χ0n) is 40.8. The average Bonchev–Trinajstić information content (AvgIpc) is 4.16. The van der Waals surface area contributed by atoms with Crippen molar-refractivity contribution in [1.82, 2.24) is 48.7 Å². The highest BCUT2D eigenvalue weighted by atomic mass is 16.5. The number of methoxy groups -OCH3 is 1. The molecule has 0 unspecified atom stereocenters. The third kappa shape index (κ3) is 12.5. The van der Waals surface area contributed by atoms with Gasteiger partial charge in [0.2, 0.25) is 23.5 Å². The number of carbonyl (C=O) groups excluding carboxylic acids is 7. The maximum absolute atomic E-state index is 13.3. The highest BCUT2D eigenvalue weighted by Crippen LogP contribution is 2.38. The van der Waals surface area contributed by atoms with Crippen LogP contribution >= 0.6 is 0 Å². The molecule has 0 spiro atoms. The highest BCUT2D eigenvalue weighted by Gasteiger charge is 2.33. The number of ether oxygens (including phenoxy) is 2. The Balaban J connectivity index is 0.826. The summed E-state index contributed by atoms with van der Waals surface area (Å²) in [5.74, 6) is -1.51. The number of amides is 7. The molecular weight excluding hydrogens is 919 g/mol. The average molecular weight is 978 g/mol. The molecule has 71 heavy (non-hydrogen) atoms. The third-order valence-corrected chi connectivity index (χ3v) is 11.7. The van der Waals surface area contributed by atoms with Crippen molar-refractivity contribution in [1.29, 1.82) is 0 Å². The Morgan fingerprint density at radius 1 is 0.690 bits per heavy atom. The summed E-state index contributed by atoms with van der Waals surface area (Å²) in [6.45, 7) is 2.14. The van der Waals surface area contributed by atoms with Crippen molar-refractivity contribution in [3.05, 3.63) is 77.7 Å². The molecule has 24 nitrogen and oxygen atoms in total. The van der Waals surface area contributed by atoms with Crippen molar-refractivity contribution < 1.29 is 43.0 Å². The van der Waals surface area contributed by atoms with Gasteiger partial charge in [-0.05, 0) is 64.5 Å². The minimum Gasteiger partial charge on any atom is -0.493 e. The van der Waals surface area contributed by atoms with E-state index < -0.39 is 23.6 Å². The van der Waals surface area contributed by atoms with E-state index >= 15 is 0 Å². The van der Waals surface area contributed by atoms with Gasteiger partial charge in [0.25, 0.3) is 29.5 Å². The Bertz CT molecular complexity index is 2870. The van der Waals surface area contributed by atoms with Gasteiger partial charge in [0.1, 0.15) is 11.4 Å². The molecule has 0 aliphatic carbocycles. The second-order valence-corrected chi connectivity index (χ2v) is 17.5. The van der Waals surface area contributed by atoms with E-state index in [0.717, 1.165) is 25.8 Å². The summed E-state index contributed by atoms with van der Waals surface area (Å²) >= 11 is 0. The normalized spacial score (nSPS) is 13.8. The maximum Gasteiger partial charge on any atom is 0.291 e. The van der Waals surface area contributed by atoms with E-state index in [4.69, 9.17) is 9.47 Å². The number of benzene rings is 1. The first-order valence-corrected chi connectivity index (χ1v) is 23.0. The van der Waals surface area contributed by atoms with Gasteiger partial charge in [0, 0.05) is 97.7 Å². The summed E-state index contributed by atoms with van der Waals surface area (Å²) in [4.78, 5) is 108. The second kappa shape index (κ2) is 22.4. The fourth-order valence-electron chi connectivity index (χ4n) is 8.08. The number of nitrogens with zero attached hydrogens (tertiary/aromatic N) is 9. The molecule has 7 amide bonds. The molecule has 1 saturated heterocycles. The van der Waals surface area contributed by atoms with Gasteiger partial charge in [-0.1, -0.05) is 0 Å². The summed E-state index contributed by atoms with van der Waals surface area (Å²) in [6, 6.07) is 6.26. The number of aromatic nitrogens is 6. The third-order valence-electron chi connectivity index (χ3n) is 11.7. The largest absolute Gasteiger partial charge is 0.493 e. The number of nitrogens with one attached hydrogen (secondary N) is 6. The fraction of sp³-hybridized carbons (Fsp3) is 0.404. The predicted molar refractivity (Wildman–Crippen MR) is 263 cm³/mol. The molecule has 7 rings (SSSR count). The number of fused-ring (bicyclic) bond motifs is 2. The number of carbonyl (C=O) groups is 7. The predicted octanol–water partition coefficient (Wildman–Crippen LogP) is 2.90. The molecule has 24 heteroatoms. The molecule has 6 heterocycles. The Morgan fingerprint density at radius 2 is 1.32 bits per heavy atom. The summed E-state index contributed by atoms with van der Waals surface area (Å²) in [7, 11) is 11.9. The number of hydrogen-bond donors (Lipinski definition) is 6. The van der Waals surface area contributed by atoms with Crippen LogP contribution in [0.25, 0.3) is 0 Å². The number of aliphatic imine (C=N–C) groups is 1. The van der Waals surface area contributed by atoms with Crippen LogP contribution in [0.3, 0.4) is 0 Å². The van der Waals surface area contributed by atoms with Crippen LogP contribution < -0.4 is 41.4 Å². The molecule has 1 fully saturated rings. The van der Waals surface area contributed by atoms with Crippen molar-refractivity contribution in [2.24, 2.45) is 33.2 Å². The molecule has 1 aromatic carbocycles. The van der Waals surface area contributed by atoms with Gasteiger partial charge in [-0.25, -0.2) is 9.97 Å². The molecule has 2 aliphatic rings. The van der Waals surface area contributed by atoms with E-state index in [1.807, 2.05) is 23.9 Å². The summed E-state index contributed by atoms with van der Waals surface area (Å²) in [6.07, 6.45) is 10.9. The Morgan fingerprint density at radius 3 is 2.01 bits per heavy atom. The molecule has 0 bridgehead atoms. The molecule has 0 radical (unpaired) electrons. The van der Waals surface area contributed by atoms with Gasteiger partial charge >= 0.3 is 0 Å². The monoisotopic (exact) mass is 977 g/mol. The molecule has 2 aliphatic heterocycles. The molecule has 1 atom stereocenters. The lowest BCUT2D eigenvalue weighted by Crippen LogP contribution is -2.35. The van der Waals surface area contributed by atoms with Crippen LogP contribution in [0, 0.1) is 0 Å². The van der Waals surface area contributed by atoms with E-state index in [0.29, 0.717) is 53.6 Å². The van der Waals surface area contributed by atoms with Gasteiger partial charge in [-0.15, -0.1) is 0 Å². The van der Waals surface area contributed by atoms with Crippen molar-refractivity contribution in [2.75, 3.05) is 75.3 Å². The first kappa shape index (κ1) is 50.6. The van der Waals surface area contributed by atoms with E-state index in [-0.39, 0.29) is 84.4 Å². The van der Waals surface area contributed by atoms with Gasteiger partial charge < -0.3 is 69.4 Å². The van der Waals surface area contributed by atoms with Crippen LogP contribution in [0.15, 0.2) is 54.0 Å². The lowest BCUT2D eigenvalue weighted by Gasteiger charge is -2.20. The SMILES string of the molecule is COc1cc2c(cc1OCCCC(=O)Nc1cn(C)c(C(=O)Nc3cc(C(=O)NCCC(=O)Nc4cc(C(=O)Nc5cn(C)c(C(=O)NCCCN(C)C)n5)n(C)c4)n(C)c3)n1)N=C[C@@H]1CCCN1C2=O.